The van der Waals surface area contributed by atoms with Crippen LogP contribution in [0.4, 0.5) is 16.4 Å². The lowest BCUT2D eigenvalue weighted by Gasteiger charge is -2.35. The number of piperazine rings is 2. The van der Waals surface area contributed by atoms with E-state index in [0.717, 1.165) is 65.2 Å². The summed E-state index contributed by atoms with van der Waals surface area (Å²) in [4.78, 5) is 37.8. The lowest BCUT2D eigenvalue weighted by Crippen LogP contribution is -2.49. The van der Waals surface area contributed by atoms with Crippen molar-refractivity contribution in [2.24, 2.45) is 0 Å². The second-order valence-electron chi connectivity index (χ2n) is 14.2. The molecule has 0 radical (unpaired) electrons. The van der Waals surface area contributed by atoms with E-state index >= 15 is 0 Å². The molecular formula is C45H42N8O6. The van der Waals surface area contributed by atoms with Gasteiger partial charge < -0.3 is 44.4 Å². The van der Waals surface area contributed by atoms with E-state index in [4.69, 9.17) is 24.2 Å². The highest BCUT2D eigenvalue weighted by Gasteiger charge is 2.26. The van der Waals surface area contributed by atoms with E-state index < -0.39 is 0 Å². The Kier molecular flexibility index (Phi) is 10.6. The minimum absolute atomic E-state index is 0.117. The number of carbonyl (C=O) groups is 1. The van der Waals surface area contributed by atoms with Crippen LogP contribution in [0.2, 0.25) is 0 Å². The number of anilines is 2. The van der Waals surface area contributed by atoms with Crippen molar-refractivity contribution in [3.63, 3.8) is 0 Å². The first-order valence-electron chi connectivity index (χ1n) is 19.6. The van der Waals surface area contributed by atoms with Crippen molar-refractivity contribution in [1.82, 2.24) is 30.2 Å². The van der Waals surface area contributed by atoms with Crippen molar-refractivity contribution < 1.29 is 29.2 Å². The lowest BCUT2D eigenvalue weighted by atomic mass is 10.1. The zero-order chi connectivity index (χ0) is 40.1. The quantitative estimate of drug-likeness (QED) is 0.166. The van der Waals surface area contributed by atoms with Crippen LogP contribution in [0, 0.1) is 0 Å². The fraction of sp³-hybridized carbons (Fsp3) is 0.222. The molecule has 3 aliphatic rings. The number of ether oxygens (including phenoxy) is 3. The minimum Gasteiger partial charge on any atom is -0.507 e. The van der Waals surface area contributed by atoms with Crippen molar-refractivity contribution in [2.45, 2.75) is 6.61 Å². The maximum absolute atomic E-state index is 12.8. The van der Waals surface area contributed by atoms with E-state index in [9.17, 15) is 15.0 Å². The van der Waals surface area contributed by atoms with Gasteiger partial charge in [-0.3, -0.25) is 0 Å². The van der Waals surface area contributed by atoms with Gasteiger partial charge in [0.2, 0.25) is 6.79 Å². The number of phenols is 2. The third-order valence-electron chi connectivity index (χ3n) is 10.5. The number of carbonyl (C=O) groups excluding carboxylic acids is 1. The molecule has 1 amide bonds. The van der Waals surface area contributed by atoms with Gasteiger partial charge in [-0.25, -0.2) is 24.7 Å². The van der Waals surface area contributed by atoms with Gasteiger partial charge >= 0.3 is 6.09 Å². The Morgan fingerprint density at radius 1 is 0.610 bits per heavy atom. The highest BCUT2D eigenvalue weighted by molar-refractivity contribution is 5.92. The summed E-state index contributed by atoms with van der Waals surface area (Å²) in [5.74, 6) is 4.38. The molecule has 2 saturated heterocycles. The first-order valence-corrected chi connectivity index (χ1v) is 19.6. The van der Waals surface area contributed by atoms with Crippen molar-refractivity contribution in [2.75, 3.05) is 69.0 Å². The fourth-order valence-electron chi connectivity index (χ4n) is 7.48. The smallest absolute Gasteiger partial charge is 0.410 e. The van der Waals surface area contributed by atoms with Gasteiger partial charge in [0, 0.05) is 68.7 Å². The highest BCUT2D eigenvalue weighted by Crippen LogP contribution is 2.36. The number of hydrogen-bond acceptors (Lipinski definition) is 13. The van der Waals surface area contributed by atoms with Gasteiger partial charge in [-0.05, 0) is 54.6 Å². The summed E-state index contributed by atoms with van der Waals surface area (Å²) in [5, 5.41) is 25.8. The third kappa shape index (κ3) is 7.90. The maximum Gasteiger partial charge on any atom is 0.410 e. The number of nitrogens with zero attached hydrogens (tertiary/aromatic N) is 7. The monoisotopic (exact) mass is 790 g/mol. The number of aromatic hydroxyl groups is 2. The number of aromatic nitrogens is 4. The molecule has 59 heavy (non-hydrogen) atoms. The summed E-state index contributed by atoms with van der Waals surface area (Å²) in [6.07, 6.45) is -0.367. The molecule has 3 N–H and O–H groups in total. The Balaban J connectivity index is 0.000000168. The summed E-state index contributed by atoms with van der Waals surface area (Å²) in [7, 11) is 0. The molecule has 0 aliphatic carbocycles. The number of amides is 1. The van der Waals surface area contributed by atoms with Gasteiger partial charge in [0.25, 0.3) is 0 Å². The third-order valence-corrected chi connectivity index (χ3v) is 10.5. The molecule has 0 bridgehead atoms. The molecule has 298 valence electrons. The van der Waals surface area contributed by atoms with Gasteiger partial charge in [-0.15, -0.1) is 0 Å². The molecule has 14 nitrogen and oxygen atoms in total. The molecule has 5 aromatic carbocycles. The first kappa shape index (κ1) is 37.4. The Labute approximate surface area is 340 Å². The van der Waals surface area contributed by atoms with E-state index in [1.54, 1.807) is 35.2 Å². The topological polar surface area (TPSA) is 159 Å². The number of hydrogen-bond donors (Lipinski definition) is 3. The van der Waals surface area contributed by atoms with Crippen LogP contribution in [0.3, 0.4) is 0 Å². The average molecular weight is 791 g/mol. The van der Waals surface area contributed by atoms with Crippen molar-refractivity contribution in [3.8, 4) is 45.8 Å². The molecule has 7 aromatic rings. The zero-order valence-corrected chi connectivity index (χ0v) is 32.2. The Morgan fingerprint density at radius 2 is 1.15 bits per heavy atom. The minimum atomic E-state index is -0.367. The van der Waals surface area contributed by atoms with Gasteiger partial charge in [0.15, 0.2) is 23.1 Å². The van der Waals surface area contributed by atoms with E-state index in [1.165, 1.54) is 0 Å². The second-order valence-corrected chi connectivity index (χ2v) is 14.2. The zero-order valence-electron chi connectivity index (χ0n) is 32.2. The summed E-state index contributed by atoms with van der Waals surface area (Å²) < 4.78 is 16.5. The predicted octanol–water partition coefficient (Wildman–Crippen LogP) is 6.60. The largest absolute Gasteiger partial charge is 0.507 e. The van der Waals surface area contributed by atoms with E-state index in [0.29, 0.717) is 60.5 Å². The summed E-state index contributed by atoms with van der Waals surface area (Å²) in [6.45, 7) is 6.20. The maximum atomic E-state index is 12.8. The van der Waals surface area contributed by atoms with Crippen molar-refractivity contribution in [3.05, 3.63) is 121 Å². The van der Waals surface area contributed by atoms with Gasteiger partial charge in [0.05, 0.1) is 22.2 Å². The summed E-state index contributed by atoms with van der Waals surface area (Å²) in [5.41, 5.74) is 3.71. The number of benzene rings is 5. The SMILES string of the molecule is O=C(OCc1cccc2c1OCO2)N1CCN(c2nc(-c3ccccc3O)nc3ccccc23)CC1.Oc1ccccc1-c1nc(N2CCNCC2)c2ccccc2n1. The number of phenolic OH excluding ortho intramolecular Hbond substituents is 2. The molecule has 2 aromatic heterocycles. The van der Waals surface area contributed by atoms with Crippen molar-refractivity contribution in [1.29, 1.82) is 0 Å². The normalized spacial score (nSPS) is 14.9. The van der Waals surface area contributed by atoms with Crippen LogP contribution in [0.1, 0.15) is 5.56 Å². The number of fused-ring (bicyclic) bond motifs is 3. The molecule has 0 unspecified atom stereocenters. The molecule has 14 heteroatoms. The summed E-state index contributed by atoms with van der Waals surface area (Å²) >= 11 is 0. The molecule has 0 saturated carbocycles. The molecular weight excluding hydrogens is 749 g/mol. The van der Waals surface area contributed by atoms with E-state index in [1.807, 2.05) is 78.9 Å². The second kappa shape index (κ2) is 16.7. The van der Waals surface area contributed by atoms with Crippen molar-refractivity contribution >= 4 is 39.5 Å². The Hall–Kier alpha value is -7.19. The number of nitrogens with one attached hydrogen (secondary N) is 1. The molecule has 0 atom stereocenters. The van der Waals surface area contributed by atoms with Gasteiger partial charge in [0.1, 0.15) is 29.7 Å². The van der Waals surface area contributed by atoms with Crippen LogP contribution in [-0.2, 0) is 11.3 Å². The van der Waals surface area contributed by atoms with Crippen LogP contribution in [0.25, 0.3) is 44.6 Å². The van der Waals surface area contributed by atoms with E-state index in [-0.39, 0.29) is 31.0 Å². The average Bonchev–Trinajstić information content (AvgIpc) is 3.78. The van der Waals surface area contributed by atoms with Gasteiger partial charge in [-0.2, -0.15) is 0 Å². The van der Waals surface area contributed by atoms with Crippen LogP contribution < -0.4 is 24.6 Å². The predicted molar refractivity (Wildman–Crippen MR) is 225 cm³/mol. The van der Waals surface area contributed by atoms with Crippen LogP contribution in [-0.4, -0.2) is 100 Å². The molecule has 0 spiro atoms. The van der Waals surface area contributed by atoms with Crippen LogP contribution >= 0.6 is 0 Å². The van der Waals surface area contributed by atoms with Crippen LogP contribution in [0.15, 0.2) is 115 Å². The number of rotatable bonds is 6. The molecule has 5 heterocycles. The molecule has 2 fully saturated rings. The summed E-state index contributed by atoms with van der Waals surface area (Å²) in [6, 6.07) is 35.6. The van der Waals surface area contributed by atoms with Crippen LogP contribution in [0.5, 0.6) is 23.0 Å². The van der Waals surface area contributed by atoms with E-state index in [2.05, 4.69) is 31.2 Å². The molecule has 10 rings (SSSR count). The number of para-hydroxylation sites is 5. The molecule has 3 aliphatic heterocycles. The Morgan fingerprint density at radius 3 is 1.75 bits per heavy atom. The Bertz CT molecular complexity index is 2630. The van der Waals surface area contributed by atoms with Gasteiger partial charge in [-0.1, -0.05) is 60.7 Å². The first-order chi connectivity index (χ1) is 29.0. The highest BCUT2D eigenvalue weighted by atomic mass is 16.7. The lowest BCUT2D eigenvalue weighted by molar-refractivity contribution is 0.0931. The fourth-order valence-corrected chi connectivity index (χ4v) is 7.48. The standard InChI is InChI=1S/C27H24N4O5.C18H18N4O/c32-22-10-4-2-8-20(22)25-28-21-9-3-1-7-19(21)26(29-25)30-12-14-31(15-13-30)27(33)34-16-18-6-5-11-23-24(18)36-17-35-23;23-16-8-4-2-6-14(16)17-20-15-7-3-1-5-13(15)18(21-17)22-11-9-19-10-12-22/h1-11,32H,12-17H2;1-8,19,23H,9-12H2.